The minimum atomic E-state index is -3.34. The van der Waals surface area contributed by atoms with Gasteiger partial charge in [0.1, 0.15) is 5.75 Å². The third-order valence-electron chi connectivity index (χ3n) is 4.90. The zero-order chi connectivity index (χ0) is 18.9. The SMILES string of the molecule is Cc1cc(-c2cc(S(C)(=O)=O)ccc2OC2CCCCC2)cn(C)c1=O. The van der Waals surface area contributed by atoms with E-state index in [9.17, 15) is 13.2 Å². The summed E-state index contributed by atoms with van der Waals surface area (Å²) in [5.41, 5.74) is 2.03. The van der Waals surface area contributed by atoms with Gasteiger partial charge in [-0.15, -0.1) is 0 Å². The number of pyridine rings is 1. The molecular weight excluding hydrogens is 350 g/mol. The number of hydrogen-bond acceptors (Lipinski definition) is 4. The number of sulfone groups is 1. The first-order chi connectivity index (χ1) is 12.3. The molecule has 0 atom stereocenters. The normalized spacial score (nSPS) is 15.8. The maximum absolute atomic E-state index is 12.0. The largest absolute Gasteiger partial charge is 0.490 e. The first-order valence-corrected chi connectivity index (χ1v) is 10.8. The average Bonchev–Trinajstić information content (AvgIpc) is 2.59. The molecule has 0 saturated heterocycles. The first kappa shape index (κ1) is 18.7. The minimum Gasteiger partial charge on any atom is -0.490 e. The van der Waals surface area contributed by atoms with Crippen LogP contribution in [0.4, 0.5) is 0 Å². The van der Waals surface area contributed by atoms with Crippen LogP contribution in [0.25, 0.3) is 11.1 Å². The second-order valence-corrected chi connectivity index (χ2v) is 9.15. The zero-order valence-corrected chi connectivity index (χ0v) is 16.3. The predicted molar refractivity (Wildman–Crippen MR) is 102 cm³/mol. The van der Waals surface area contributed by atoms with Gasteiger partial charge in [-0.1, -0.05) is 6.42 Å². The lowest BCUT2D eigenvalue weighted by Gasteiger charge is -2.24. The van der Waals surface area contributed by atoms with E-state index in [0.29, 0.717) is 16.9 Å². The van der Waals surface area contributed by atoms with Crippen molar-refractivity contribution in [3.63, 3.8) is 0 Å². The molecule has 3 rings (SSSR count). The molecular formula is C20H25NO4S. The van der Waals surface area contributed by atoms with E-state index in [-0.39, 0.29) is 16.6 Å². The zero-order valence-electron chi connectivity index (χ0n) is 15.5. The Labute approximate surface area is 154 Å². The van der Waals surface area contributed by atoms with Crippen LogP contribution in [0.2, 0.25) is 0 Å². The van der Waals surface area contributed by atoms with E-state index in [4.69, 9.17) is 4.74 Å². The van der Waals surface area contributed by atoms with Crippen LogP contribution in [0.15, 0.2) is 40.2 Å². The monoisotopic (exact) mass is 375 g/mol. The lowest BCUT2D eigenvalue weighted by molar-refractivity contribution is 0.155. The van der Waals surface area contributed by atoms with Gasteiger partial charge in [0.25, 0.3) is 5.56 Å². The Morgan fingerprint density at radius 1 is 1.12 bits per heavy atom. The fraction of sp³-hybridized carbons (Fsp3) is 0.450. The van der Waals surface area contributed by atoms with E-state index in [2.05, 4.69) is 0 Å². The average molecular weight is 375 g/mol. The molecule has 0 N–H and O–H groups in total. The molecule has 1 heterocycles. The van der Waals surface area contributed by atoms with E-state index < -0.39 is 9.84 Å². The second-order valence-electron chi connectivity index (χ2n) is 7.14. The van der Waals surface area contributed by atoms with Crippen molar-refractivity contribution in [2.75, 3.05) is 6.26 Å². The summed E-state index contributed by atoms with van der Waals surface area (Å²) in [5.74, 6) is 0.669. The summed E-state index contributed by atoms with van der Waals surface area (Å²) in [5, 5.41) is 0. The molecule has 140 valence electrons. The number of aromatic nitrogens is 1. The van der Waals surface area contributed by atoms with E-state index in [1.54, 1.807) is 44.4 Å². The van der Waals surface area contributed by atoms with Gasteiger partial charge in [0.15, 0.2) is 9.84 Å². The summed E-state index contributed by atoms with van der Waals surface area (Å²) >= 11 is 0. The van der Waals surface area contributed by atoms with Crippen molar-refractivity contribution in [1.29, 1.82) is 0 Å². The Hall–Kier alpha value is -2.08. The molecule has 0 spiro atoms. The fourth-order valence-corrected chi connectivity index (χ4v) is 4.10. The standard InChI is InChI=1S/C20H25NO4S/c1-14-11-15(13-21(2)20(14)22)18-12-17(26(3,23)24)9-10-19(18)25-16-7-5-4-6-8-16/h9-13,16H,4-8H2,1-3H3. The van der Waals surface area contributed by atoms with Crippen molar-refractivity contribution in [1.82, 2.24) is 4.57 Å². The van der Waals surface area contributed by atoms with Crippen molar-refractivity contribution < 1.29 is 13.2 Å². The maximum atomic E-state index is 12.0. The predicted octanol–water partition coefficient (Wildman–Crippen LogP) is 3.48. The van der Waals surface area contributed by atoms with E-state index in [0.717, 1.165) is 31.2 Å². The van der Waals surface area contributed by atoms with Crippen molar-refractivity contribution in [2.24, 2.45) is 7.05 Å². The Morgan fingerprint density at radius 2 is 1.81 bits per heavy atom. The van der Waals surface area contributed by atoms with Gasteiger partial charge in [-0.05, 0) is 56.9 Å². The molecule has 1 aromatic heterocycles. The topological polar surface area (TPSA) is 65.4 Å². The van der Waals surface area contributed by atoms with Crippen LogP contribution in [0.3, 0.4) is 0 Å². The van der Waals surface area contributed by atoms with Gasteiger partial charge < -0.3 is 9.30 Å². The summed E-state index contributed by atoms with van der Waals surface area (Å²) < 4.78 is 31.8. The molecule has 1 aromatic carbocycles. The number of nitrogens with zero attached hydrogens (tertiary/aromatic N) is 1. The maximum Gasteiger partial charge on any atom is 0.253 e. The highest BCUT2D eigenvalue weighted by molar-refractivity contribution is 7.90. The summed E-state index contributed by atoms with van der Waals surface area (Å²) in [6.07, 6.45) is 8.64. The number of hydrogen-bond donors (Lipinski definition) is 0. The quantitative estimate of drug-likeness (QED) is 0.821. The third kappa shape index (κ3) is 4.01. The Balaban J connectivity index is 2.11. The first-order valence-electron chi connectivity index (χ1n) is 8.94. The van der Waals surface area contributed by atoms with Crippen LogP contribution in [0.5, 0.6) is 5.75 Å². The number of rotatable bonds is 4. The molecule has 0 aliphatic heterocycles. The van der Waals surface area contributed by atoms with Gasteiger partial charge in [0, 0.05) is 36.2 Å². The van der Waals surface area contributed by atoms with Crippen LogP contribution in [0.1, 0.15) is 37.7 Å². The molecule has 1 aliphatic rings. The van der Waals surface area contributed by atoms with Crippen LogP contribution in [0, 0.1) is 6.92 Å². The third-order valence-corrected chi connectivity index (χ3v) is 6.01. The highest BCUT2D eigenvalue weighted by Crippen LogP contribution is 2.34. The van der Waals surface area contributed by atoms with Crippen LogP contribution in [-0.2, 0) is 16.9 Å². The molecule has 5 nitrogen and oxygen atoms in total. The van der Waals surface area contributed by atoms with Gasteiger partial charge in [0.2, 0.25) is 0 Å². The van der Waals surface area contributed by atoms with Crippen LogP contribution < -0.4 is 10.3 Å². The fourth-order valence-electron chi connectivity index (χ4n) is 3.46. The number of ether oxygens (including phenoxy) is 1. The summed E-state index contributed by atoms with van der Waals surface area (Å²) in [7, 11) is -1.64. The molecule has 1 aliphatic carbocycles. The summed E-state index contributed by atoms with van der Waals surface area (Å²) in [6, 6.07) is 6.76. The molecule has 2 aromatic rings. The van der Waals surface area contributed by atoms with E-state index >= 15 is 0 Å². The highest BCUT2D eigenvalue weighted by atomic mass is 32.2. The smallest absolute Gasteiger partial charge is 0.253 e. The van der Waals surface area contributed by atoms with E-state index in [1.165, 1.54) is 17.2 Å². The minimum absolute atomic E-state index is 0.0669. The molecule has 0 unspecified atom stereocenters. The highest BCUT2D eigenvalue weighted by Gasteiger charge is 2.19. The van der Waals surface area contributed by atoms with Crippen LogP contribution in [-0.4, -0.2) is 25.3 Å². The summed E-state index contributed by atoms with van der Waals surface area (Å²) in [6.45, 7) is 1.76. The molecule has 1 saturated carbocycles. The number of aryl methyl sites for hydroxylation is 2. The van der Waals surface area contributed by atoms with Gasteiger partial charge >= 0.3 is 0 Å². The Morgan fingerprint density at radius 3 is 2.42 bits per heavy atom. The van der Waals surface area contributed by atoms with Crippen molar-refractivity contribution >= 4 is 9.84 Å². The van der Waals surface area contributed by atoms with E-state index in [1.807, 2.05) is 0 Å². The van der Waals surface area contributed by atoms with Gasteiger partial charge in [-0.25, -0.2) is 8.42 Å². The molecule has 26 heavy (non-hydrogen) atoms. The van der Waals surface area contributed by atoms with Gasteiger partial charge in [-0.2, -0.15) is 0 Å². The number of benzene rings is 1. The van der Waals surface area contributed by atoms with Crippen molar-refractivity contribution in [3.05, 3.63) is 46.4 Å². The van der Waals surface area contributed by atoms with Crippen molar-refractivity contribution in [2.45, 2.75) is 50.0 Å². The van der Waals surface area contributed by atoms with Gasteiger partial charge in [0.05, 0.1) is 11.0 Å². The molecule has 6 heteroatoms. The Kier molecular flexibility index (Phi) is 5.23. The lowest BCUT2D eigenvalue weighted by Crippen LogP contribution is -2.20. The molecule has 0 amide bonds. The Bertz CT molecular complexity index is 944. The van der Waals surface area contributed by atoms with Crippen molar-refractivity contribution in [3.8, 4) is 16.9 Å². The molecule has 1 fully saturated rings. The molecule has 0 radical (unpaired) electrons. The van der Waals surface area contributed by atoms with Crippen LogP contribution >= 0.6 is 0 Å². The second kappa shape index (κ2) is 7.27. The summed E-state index contributed by atoms with van der Waals surface area (Å²) in [4.78, 5) is 12.3. The molecule has 0 bridgehead atoms. The lowest BCUT2D eigenvalue weighted by atomic mass is 9.97. The van der Waals surface area contributed by atoms with Gasteiger partial charge in [-0.3, -0.25) is 4.79 Å².